The standard InChI is InChI=1S/C19H23N5O3S2/c1-6-13-12(5)29-16(15(13)17(26)27-7-2)21-14(25)9-28-19-23-22-18-20-10(3)8-11(4)24(18)19/h8H,6-7,9H2,1-5H3,(H,21,25). The van der Waals surface area contributed by atoms with Gasteiger partial charge in [-0.15, -0.1) is 21.5 Å². The lowest BCUT2D eigenvalue weighted by molar-refractivity contribution is -0.113. The van der Waals surface area contributed by atoms with E-state index in [0.29, 0.717) is 27.9 Å². The van der Waals surface area contributed by atoms with Crippen molar-refractivity contribution in [2.45, 2.75) is 46.2 Å². The van der Waals surface area contributed by atoms with Crippen molar-refractivity contribution >= 4 is 45.8 Å². The molecular weight excluding hydrogens is 410 g/mol. The first-order valence-corrected chi connectivity index (χ1v) is 11.1. The van der Waals surface area contributed by atoms with Gasteiger partial charge in [0.1, 0.15) is 5.00 Å². The zero-order chi connectivity index (χ0) is 21.1. The zero-order valence-corrected chi connectivity index (χ0v) is 18.7. The molecule has 0 aliphatic rings. The lowest BCUT2D eigenvalue weighted by Gasteiger charge is -2.08. The van der Waals surface area contributed by atoms with Crippen LogP contribution < -0.4 is 5.32 Å². The van der Waals surface area contributed by atoms with Crippen molar-refractivity contribution < 1.29 is 14.3 Å². The number of nitrogens with zero attached hydrogens (tertiary/aromatic N) is 4. The van der Waals surface area contributed by atoms with Crippen molar-refractivity contribution in [3.8, 4) is 0 Å². The monoisotopic (exact) mass is 433 g/mol. The normalized spacial score (nSPS) is 11.1. The van der Waals surface area contributed by atoms with E-state index in [2.05, 4.69) is 20.5 Å². The molecule has 29 heavy (non-hydrogen) atoms. The fourth-order valence-corrected chi connectivity index (χ4v) is 5.03. The van der Waals surface area contributed by atoms with Crippen LogP contribution in [0.2, 0.25) is 0 Å². The van der Waals surface area contributed by atoms with Gasteiger partial charge in [-0.05, 0) is 45.7 Å². The number of aromatic nitrogens is 4. The molecule has 0 spiro atoms. The van der Waals surface area contributed by atoms with E-state index in [4.69, 9.17) is 4.74 Å². The van der Waals surface area contributed by atoms with E-state index >= 15 is 0 Å². The smallest absolute Gasteiger partial charge is 0.341 e. The summed E-state index contributed by atoms with van der Waals surface area (Å²) in [5.41, 5.74) is 3.19. The molecule has 0 aliphatic heterocycles. The molecule has 0 bridgehead atoms. The molecule has 0 radical (unpaired) electrons. The summed E-state index contributed by atoms with van der Waals surface area (Å²) >= 11 is 2.66. The predicted molar refractivity (Wildman–Crippen MR) is 114 cm³/mol. The van der Waals surface area contributed by atoms with Gasteiger partial charge in [0.05, 0.1) is 17.9 Å². The Morgan fingerprint density at radius 1 is 1.24 bits per heavy atom. The molecule has 0 aliphatic carbocycles. The van der Waals surface area contributed by atoms with Crippen molar-refractivity contribution in [1.29, 1.82) is 0 Å². The number of hydrogen-bond acceptors (Lipinski definition) is 8. The van der Waals surface area contributed by atoms with Crippen molar-refractivity contribution in [3.05, 3.63) is 33.5 Å². The molecule has 1 amide bonds. The number of amides is 1. The molecular formula is C19H23N5O3S2. The average molecular weight is 434 g/mol. The molecule has 0 saturated heterocycles. The quantitative estimate of drug-likeness (QED) is 0.449. The number of esters is 1. The molecule has 0 saturated carbocycles. The van der Waals surface area contributed by atoms with E-state index < -0.39 is 5.97 Å². The second kappa shape index (κ2) is 8.91. The molecule has 0 fully saturated rings. The molecule has 3 aromatic rings. The van der Waals surface area contributed by atoms with Gasteiger partial charge in [-0.2, -0.15) is 0 Å². The highest BCUT2D eigenvalue weighted by atomic mass is 32.2. The Hall–Kier alpha value is -2.46. The van der Waals surface area contributed by atoms with Crippen LogP contribution in [0.25, 0.3) is 5.78 Å². The van der Waals surface area contributed by atoms with E-state index in [-0.39, 0.29) is 18.3 Å². The molecule has 3 aromatic heterocycles. The summed E-state index contributed by atoms with van der Waals surface area (Å²) in [6.07, 6.45) is 0.693. The predicted octanol–water partition coefficient (Wildman–Crippen LogP) is 3.58. The first-order chi connectivity index (χ1) is 13.8. The topological polar surface area (TPSA) is 98.5 Å². The Morgan fingerprint density at radius 2 is 2.00 bits per heavy atom. The van der Waals surface area contributed by atoms with E-state index in [1.807, 2.05) is 38.2 Å². The number of ether oxygens (including phenoxy) is 1. The Morgan fingerprint density at radius 3 is 2.69 bits per heavy atom. The van der Waals surface area contributed by atoms with Gasteiger partial charge in [-0.3, -0.25) is 9.20 Å². The number of carbonyl (C=O) groups is 2. The minimum Gasteiger partial charge on any atom is -0.462 e. The Labute approximate surface area is 177 Å². The van der Waals surface area contributed by atoms with Crippen LogP contribution in [0.15, 0.2) is 11.2 Å². The molecule has 0 aromatic carbocycles. The van der Waals surface area contributed by atoms with Crippen LogP contribution in [0, 0.1) is 20.8 Å². The minimum atomic E-state index is -0.405. The number of thioether (sulfide) groups is 1. The van der Waals surface area contributed by atoms with Gasteiger partial charge >= 0.3 is 5.97 Å². The van der Waals surface area contributed by atoms with Crippen molar-refractivity contribution in [2.75, 3.05) is 17.7 Å². The molecule has 0 atom stereocenters. The van der Waals surface area contributed by atoms with Crippen LogP contribution in [0.1, 0.15) is 46.0 Å². The number of hydrogen-bond donors (Lipinski definition) is 1. The maximum Gasteiger partial charge on any atom is 0.341 e. The molecule has 3 heterocycles. The minimum absolute atomic E-state index is 0.134. The molecule has 0 unspecified atom stereocenters. The molecule has 154 valence electrons. The maximum atomic E-state index is 12.6. The van der Waals surface area contributed by atoms with Gasteiger partial charge in [-0.1, -0.05) is 18.7 Å². The van der Waals surface area contributed by atoms with Gasteiger partial charge in [0.25, 0.3) is 5.78 Å². The lowest BCUT2D eigenvalue weighted by atomic mass is 10.1. The second-order valence-corrected chi connectivity index (χ2v) is 8.58. The summed E-state index contributed by atoms with van der Waals surface area (Å²) < 4.78 is 7.00. The van der Waals surface area contributed by atoms with Crippen LogP contribution in [-0.2, 0) is 16.0 Å². The zero-order valence-electron chi connectivity index (χ0n) is 17.0. The SMILES string of the molecule is CCOC(=O)c1c(NC(=O)CSc2nnc3nc(C)cc(C)n23)sc(C)c1CC. The highest BCUT2D eigenvalue weighted by molar-refractivity contribution is 7.99. The van der Waals surface area contributed by atoms with E-state index in [0.717, 1.165) is 21.8 Å². The van der Waals surface area contributed by atoms with E-state index in [1.165, 1.54) is 23.1 Å². The summed E-state index contributed by atoms with van der Waals surface area (Å²) in [6.45, 7) is 9.81. The first kappa shape index (κ1) is 21.3. The number of nitrogens with one attached hydrogen (secondary N) is 1. The summed E-state index contributed by atoms with van der Waals surface area (Å²) in [6, 6.07) is 1.94. The lowest BCUT2D eigenvalue weighted by Crippen LogP contribution is -2.17. The highest BCUT2D eigenvalue weighted by Gasteiger charge is 2.23. The molecule has 10 heteroatoms. The number of fused-ring (bicyclic) bond motifs is 1. The van der Waals surface area contributed by atoms with Crippen LogP contribution in [0.5, 0.6) is 0 Å². The number of aryl methyl sites for hydroxylation is 3. The van der Waals surface area contributed by atoms with Crippen LogP contribution in [-0.4, -0.2) is 43.8 Å². The van der Waals surface area contributed by atoms with E-state index in [9.17, 15) is 9.59 Å². The van der Waals surface area contributed by atoms with E-state index in [1.54, 1.807) is 6.92 Å². The third-order valence-electron chi connectivity index (χ3n) is 4.29. The molecule has 1 N–H and O–H groups in total. The van der Waals surface area contributed by atoms with Crippen LogP contribution >= 0.6 is 23.1 Å². The summed E-state index contributed by atoms with van der Waals surface area (Å²) in [7, 11) is 0. The summed E-state index contributed by atoms with van der Waals surface area (Å²) in [4.78, 5) is 30.3. The van der Waals surface area contributed by atoms with Crippen LogP contribution in [0.3, 0.4) is 0 Å². The Balaban J connectivity index is 1.76. The van der Waals surface area contributed by atoms with Gasteiger partial charge in [0, 0.05) is 16.3 Å². The number of thiophene rings is 1. The second-order valence-electron chi connectivity index (χ2n) is 6.41. The van der Waals surface area contributed by atoms with Gasteiger partial charge in [0.15, 0.2) is 5.16 Å². The van der Waals surface area contributed by atoms with Crippen molar-refractivity contribution in [2.24, 2.45) is 0 Å². The Kier molecular flexibility index (Phi) is 6.53. The summed E-state index contributed by atoms with van der Waals surface area (Å²) in [5, 5.41) is 12.2. The number of rotatable bonds is 7. The highest BCUT2D eigenvalue weighted by Crippen LogP contribution is 2.34. The van der Waals surface area contributed by atoms with Crippen LogP contribution in [0.4, 0.5) is 5.00 Å². The number of carbonyl (C=O) groups excluding carboxylic acids is 2. The molecule has 8 nitrogen and oxygen atoms in total. The maximum absolute atomic E-state index is 12.6. The van der Waals surface area contributed by atoms with Gasteiger partial charge < -0.3 is 10.1 Å². The fourth-order valence-electron chi connectivity index (χ4n) is 3.10. The van der Waals surface area contributed by atoms with Crippen molar-refractivity contribution in [1.82, 2.24) is 19.6 Å². The van der Waals surface area contributed by atoms with Crippen molar-refractivity contribution in [3.63, 3.8) is 0 Å². The first-order valence-electron chi connectivity index (χ1n) is 9.27. The third kappa shape index (κ3) is 4.43. The Bertz CT molecular complexity index is 1070. The fraction of sp³-hybridized carbons (Fsp3) is 0.421. The number of anilines is 1. The van der Waals surface area contributed by atoms with Gasteiger partial charge in [0.2, 0.25) is 5.91 Å². The largest absolute Gasteiger partial charge is 0.462 e. The average Bonchev–Trinajstić information content (AvgIpc) is 3.20. The summed E-state index contributed by atoms with van der Waals surface area (Å²) in [5.74, 6) is 0.0157. The molecule has 3 rings (SSSR count). The third-order valence-corrected chi connectivity index (χ3v) is 6.28. The van der Waals surface area contributed by atoms with Gasteiger partial charge in [-0.25, -0.2) is 9.78 Å².